The summed E-state index contributed by atoms with van der Waals surface area (Å²) in [5, 5.41) is 3.33. The Kier molecular flexibility index (Phi) is 8.95. The molecule has 74 valence electrons. The summed E-state index contributed by atoms with van der Waals surface area (Å²) in [5.41, 5.74) is 0. The van der Waals surface area contributed by atoms with E-state index in [0.717, 1.165) is 19.1 Å². The zero-order chi connectivity index (χ0) is 9.23. The van der Waals surface area contributed by atoms with Gasteiger partial charge >= 0.3 is 0 Å². The summed E-state index contributed by atoms with van der Waals surface area (Å²) in [6.45, 7) is 10.4. The second-order valence-corrected chi connectivity index (χ2v) is 3.23. The first-order chi connectivity index (χ1) is 5.81. The Hall–Kier alpha value is -0.0800. The van der Waals surface area contributed by atoms with Crippen molar-refractivity contribution in [3.8, 4) is 0 Å². The Morgan fingerprint density at radius 3 is 2.17 bits per heavy atom. The summed E-state index contributed by atoms with van der Waals surface area (Å²) in [5.74, 6) is 0.925. The SMILES string of the molecule is CC1CCCNC1.CCOCC. The van der Waals surface area contributed by atoms with Crippen molar-refractivity contribution in [2.75, 3.05) is 26.3 Å². The van der Waals surface area contributed by atoms with Gasteiger partial charge in [0.05, 0.1) is 0 Å². The molecule has 1 saturated heterocycles. The minimum Gasteiger partial charge on any atom is -0.382 e. The largest absolute Gasteiger partial charge is 0.382 e. The normalized spacial score (nSPS) is 22.8. The molecule has 1 atom stereocenters. The molecule has 0 saturated carbocycles. The van der Waals surface area contributed by atoms with E-state index in [-0.39, 0.29) is 0 Å². The van der Waals surface area contributed by atoms with Crippen molar-refractivity contribution in [1.29, 1.82) is 0 Å². The highest BCUT2D eigenvalue weighted by Crippen LogP contribution is 2.06. The number of ether oxygens (including phenoxy) is 1. The lowest BCUT2D eigenvalue weighted by Gasteiger charge is -2.17. The van der Waals surface area contributed by atoms with Crippen molar-refractivity contribution in [2.45, 2.75) is 33.6 Å². The Morgan fingerprint density at radius 2 is 2.00 bits per heavy atom. The lowest BCUT2D eigenvalue weighted by atomic mass is 10.0. The Labute approximate surface area is 76.7 Å². The lowest BCUT2D eigenvalue weighted by molar-refractivity contribution is 0.162. The molecule has 0 amide bonds. The van der Waals surface area contributed by atoms with Crippen LogP contribution in [0.5, 0.6) is 0 Å². The molecule has 2 heteroatoms. The fourth-order valence-corrected chi connectivity index (χ4v) is 1.23. The topological polar surface area (TPSA) is 21.3 Å². The molecule has 0 aliphatic carbocycles. The maximum Gasteiger partial charge on any atom is 0.0437 e. The van der Waals surface area contributed by atoms with Gasteiger partial charge in [0.2, 0.25) is 0 Å². The van der Waals surface area contributed by atoms with E-state index in [0.29, 0.717) is 0 Å². The van der Waals surface area contributed by atoms with Gasteiger partial charge in [0.15, 0.2) is 0 Å². The number of hydrogen-bond acceptors (Lipinski definition) is 2. The quantitative estimate of drug-likeness (QED) is 0.690. The van der Waals surface area contributed by atoms with Gasteiger partial charge in [-0.1, -0.05) is 6.92 Å². The van der Waals surface area contributed by atoms with Crippen molar-refractivity contribution < 1.29 is 4.74 Å². The summed E-state index contributed by atoms with van der Waals surface area (Å²) in [6, 6.07) is 0. The van der Waals surface area contributed by atoms with Crippen LogP contribution in [0.25, 0.3) is 0 Å². The van der Waals surface area contributed by atoms with Crippen LogP contribution in [0.4, 0.5) is 0 Å². The number of hydrogen-bond donors (Lipinski definition) is 1. The molecule has 0 bridgehead atoms. The van der Waals surface area contributed by atoms with E-state index in [2.05, 4.69) is 12.2 Å². The molecule has 0 spiro atoms. The minimum absolute atomic E-state index is 0.844. The van der Waals surface area contributed by atoms with E-state index >= 15 is 0 Å². The van der Waals surface area contributed by atoms with Crippen LogP contribution in [0.2, 0.25) is 0 Å². The van der Waals surface area contributed by atoms with Crippen molar-refractivity contribution in [3.05, 3.63) is 0 Å². The monoisotopic (exact) mass is 173 g/mol. The average molecular weight is 173 g/mol. The number of nitrogens with one attached hydrogen (secondary N) is 1. The summed E-state index contributed by atoms with van der Waals surface area (Å²) < 4.78 is 4.83. The van der Waals surface area contributed by atoms with Crippen molar-refractivity contribution in [3.63, 3.8) is 0 Å². The molecule has 0 aromatic rings. The molecule has 1 N–H and O–H groups in total. The first-order valence-corrected chi connectivity index (χ1v) is 5.09. The van der Waals surface area contributed by atoms with Gasteiger partial charge in [-0.3, -0.25) is 0 Å². The van der Waals surface area contributed by atoms with Gasteiger partial charge in [-0.15, -0.1) is 0 Å². The molecule has 1 aliphatic heterocycles. The van der Waals surface area contributed by atoms with Crippen LogP contribution < -0.4 is 5.32 Å². The van der Waals surface area contributed by atoms with E-state index < -0.39 is 0 Å². The predicted octanol–water partition coefficient (Wildman–Crippen LogP) is 2.05. The minimum atomic E-state index is 0.844. The zero-order valence-electron chi connectivity index (χ0n) is 8.73. The molecule has 1 heterocycles. The molecular formula is C10H23NO. The molecule has 1 rings (SSSR count). The van der Waals surface area contributed by atoms with Gasteiger partial charge in [-0.2, -0.15) is 0 Å². The Bertz CT molecular complexity index is 77.9. The van der Waals surface area contributed by atoms with Crippen molar-refractivity contribution in [1.82, 2.24) is 5.32 Å². The summed E-state index contributed by atoms with van der Waals surface area (Å²) >= 11 is 0. The summed E-state index contributed by atoms with van der Waals surface area (Å²) in [6.07, 6.45) is 2.80. The van der Waals surface area contributed by atoms with E-state index in [1.165, 1.54) is 25.9 Å². The Balaban J connectivity index is 0.000000217. The fourth-order valence-electron chi connectivity index (χ4n) is 1.23. The third-order valence-electron chi connectivity index (χ3n) is 1.95. The van der Waals surface area contributed by atoms with Gasteiger partial charge in [0.1, 0.15) is 0 Å². The van der Waals surface area contributed by atoms with E-state index in [1.54, 1.807) is 0 Å². The van der Waals surface area contributed by atoms with Gasteiger partial charge in [-0.05, 0) is 45.7 Å². The number of piperidine rings is 1. The van der Waals surface area contributed by atoms with Gasteiger partial charge in [0.25, 0.3) is 0 Å². The molecule has 12 heavy (non-hydrogen) atoms. The standard InChI is InChI=1S/C6H13N.C4H10O/c1-6-3-2-4-7-5-6;1-3-5-4-2/h6-7H,2-5H2,1H3;3-4H2,1-2H3. The smallest absolute Gasteiger partial charge is 0.0437 e. The van der Waals surface area contributed by atoms with Crippen LogP contribution in [0, 0.1) is 5.92 Å². The van der Waals surface area contributed by atoms with Crippen LogP contribution in [-0.4, -0.2) is 26.3 Å². The van der Waals surface area contributed by atoms with Gasteiger partial charge in [0, 0.05) is 13.2 Å². The van der Waals surface area contributed by atoms with E-state index in [1.807, 2.05) is 13.8 Å². The highest BCUT2D eigenvalue weighted by Gasteiger charge is 2.04. The van der Waals surface area contributed by atoms with E-state index in [4.69, 9.17) is 4.74 Å². The second kappa shape index (κ2) is 9.01. The molecule has 0 radical (unpaired) electrons. The third kappa shape index (κ3) is 8.02. The molecule has 0 aromatic heterocycles. The highest BCUT2D eigenvalue weighted by molar-refractivity contribution is 4.63. The van der Waals surface area contributed by atoms with Gasteiger partial charge < -0.3 is 10.1 Å². The first kappa shape index (κ1) is 11.9. The predicted molar refractivity (Wildman–Crippen MR) is 53.4 cm³/mol. The maximum absolute atomic E-state index is 4.83. The van der Waals surface area contributed by atoms with Crippen LogP contribution in [0.1, 0.15) is 33.6 Å². The van der Waals surface area contributed by atoms with Crippen LogP contribution in [0.3, 0.4) is 0 Å². The lowest BCUT2D eigenvalue weighted by Crippen LogP contribution is -2.27. The molecule has 1 unspecified atom stereocenters. The first-order valence-electron chi connectivity index (χ1n) is 5.09. The number of rotatable bonds is 2. The highest BCUT2D eigenvalue weighted by atomic mass is 16.5. The molecule has 1 aliphatic rings. The van der Waals surface area contributed by atoms with E-state index in [9.17, 15) is 0 Å². The maximum atomic E-state index is 4.83. The van der Waals surface area contributed by atoms with Gasteiger partial charge in [-0.25, -0.2) is 0 Å². The van der Waals surface area contributed by atoms with Crippen LogP contribution >= 0.6 is 0 Å². The van der Waals surface area contributed by atoms with Crippen LogP contribution in [0.15, 0.2) is 0 Å². The zero-order valence-corrected chi connectivity index (χ0v) is 8.73. The molecular weight excluding hydrogens is 150 g/mol. The fraction of sp³-hybridized carbons (Fsp3) is 1.00. The van der Waals surface area contributed by atoms with Crippen LogP contribution in [-0.2, 0) is 4.74 Å². The molecule has 1 fully saturated rings. The summed E-state index contributed by atoms with van der Waals surface area (Å²) in [4.78, 5) is 0. The van der Waals surface area contributed by atoms with Crippen molar-refractivity contribution in [2.24, 2.45) is 5.92 Å². The second-order valence-electron chi connectivity index (χ2n) is 3.23. The molecule has 0 aromatic carbocycles. The molecule has 2 nitrogen and oxygen atoms in total. The Morgan fingerprint density at radius 1 is 1.33 bits per heavy atom. The third-order valence-corrected chi connectivity index (χ3v) is 1.95. The summed E-state index contributed by atoms with van der Waals surface area (Å²) in [7, 11) is 0. The average Bonchev–Trinajstić information content (AvgIpc) is 2.08. The van der Waals surface area contributed by atoms with Crippen molar-refractivity contribution >= 4 is 0 Å².